The number of rotatable bonds is 5. The fourth-order valence-corrected chi connectivity index (χ4v) is 4.02. The fourth-order valence-electron chi connectivity index (χ4n) is 2.55. The van der Waals surface area contributed by atoms with Crippen molar-refractivity contribution >= 4 is 16.0 Å². The van der Waals surface area contributed by atoms with Gasteiger partial charge in [0.15, 0.2) is 0 Å². The first-order chi connectivity index (χ1) is 12.0. The third-order valence-electron chi connectivity index (χ3n) is 3.91. The molecule has 3 rings (SSSR count). The summed E-state index contributed by atoms with van der Waals surface area (Å²) >= 11 is 0. The van der Waals surface area contributed by atoms with Crippen LogP contribution in [0.25, 0.3) is 0 Å². The van der Waals surface area contributed by atoms with Crippen LogP contribution >= 0.6 is 0 Å². The molecule has 0 bridgehead atoms. The Hall–Kier alpha value is -2.45. The molecule has 2 aromatic rings. The number of pyridine rings is 1. The van der Waals surface area contributed by atoms with Crippen molar-refractivity contribution in [2.24, 2.45) is 0 Å². The van der Waals surface area contributed by atoms with E-state index < -0.39 is 16.0 Å². The van der Waals surface area contributed by atoms with E-state index in [0.717, 1.165) is 12.8 Å². The van der Waals surface area contributed by atoms with Gasteiger partial charge < -0.3 is 9.47 Å². The SMILES string of the molecule is COC(=O)c1ccc(Oc2ccc(S(=O)(=O)N3CCCC3)cn2)cc1. The molecule has 1 aliphatic rings. The van der Waals surface area contributed by atoms with Gasteiger partial charge in [0.25, 0.3) is 0 Å². The molecule has 0 unspecified atom stereocenters. The summed E-state index contributed by atoms with van der Waals surface area (Å²) < 4.78 is 36.5. The number of hydrogen-bond acceptors (Lipinski definition) is 6. The van der Waals surface area contributed by atoms with Gasteiger partial charge in [0, 0.05) is 19.2 Å². The number of sulfonamides is 1. The maximum absolute atomic E-state index is 12.4. The van der Waals surface area contributed by atoms with E-state index in [4.69, 9.17) is 4.74 Å². The van der Waals surface area contributed by atoms with Crippen molar-refractivity contribution in [1.29, 1.82) is 0 Å². The minimum atomic E-state index is -3.48. The highest BCUT2D eigenvalue weighted by atomic mass is 32.2. The first-order valence-corrected chi connectivity index (χ1v) is 9.27. The summed E-state index contributed by atoms with van der Waals surface area (Å²) in [7, 11) is -2.17. The molecule has 0 amide bonds. The predicted molar refractivity (Wildman–Crippen MR) is 90.1 cm³/mol. The van der Waals surface area contributed by atoms with E-state index in [-0.39, 0.29) is 10.8 Å². The Balaban J connectivity index is 1.71. The standard InChI is InChI=1S/C17H18N2O5S/c1-23-17(20)13-4-6-14(7-5-13)24-16-9-8-15(12-18-16)25(21,22)19-10-2-3-11-19/h4-9,12H,2-3,10-11H2,1H3. The Morgan fingerprint density at radius 2 is 1.76 bits per heavy atom. The normalized spacial score (nSPS) is 15.1. The van der Waals surface area contributed by atoms with Crippen molar-refractivity contribution < 1.29 is 22.7 Å². The monoisotopic (exact) mass is 362 g/mol. The number of benzene rings is 1. The third-order valence-corrected chi connectivity index (χ3v) is 5.79. The Labute approximate surface area is 146 Å². The van der Waals surface area contributed by atoms with Crippen LogP contribution in [0, 0.1) is 0 Å². The minimum absolute atomic E-state index is 0.155. The molecule has 0 atom stereocenters. The molecular formula is C17H18N2O5S. The van der Waals surface area contributed by atoms with E-state index in [9.17, 15) is 13.2 Å². The predicted octanol–water partition coefficient (Wildman–Crippen LogP) is 2.45. The molecule has 132 valence electrons. The lowest BCUT2D eigenvalue weighted by Crippen LogP contribution is -2.27. The van der Waals surface area contributed by atoms with E-state index in [1.807, 2.05) is 0 Å². The Bertz CT molecular complexity index is 842. The molecule has 1 aromatic carbocycles. The number of nitrogens with zero attached hydrogens (tertiary/aromatic N) is 2. The van der Waals surface area contributed by atoms with Gasteiger partial charge in [0.1, 0.15) is 10.6 Å². The van der Waals surface area contributed by atoms with Crippen molar-refractivity contribution in [3.8, 4) is 11.6 Å². The molecule has 1 saturated heterocycles. The lowest BCUT2D eigenvalue weighted by Gasteiger charge is -2.15. The number of carbonyl (C=O) groups excluding carboxylic acids is 1. The van der Waals surface area contributed by atoms with Crippen LogP contribution in [0.5, 0.6) is 11.6 Å². The van der Waals surface area contributed by atoms with Gasteiger partial charge in [-0.2, -0.15) is 4.31 Å². The van der Waals surface area contributed by atoms with Gasteiger partial charge in [-0.05, 0) is 43.2 Å². The average Bonchev–Trinajstić information content (AvgIpc) is 3.18. The van der Waals surface area contributed by atoms with Crippen LogP contribution < -0.4 is 4.74 Å². The summed E-state index contributed by atoms with van der Waals surface area (Å²) in [6, 6.07) is 9.38. The molecule has 0 spiro atoms. The van der Waals surface area contributed by atoms with Crippen LogP contribution in [0.4, 0.5) is 0 Å². The first-order valence-electron chi connectivity index (χ1n) is 7.83. The van der Waals surface area contributed by atoms with Crippen LogP contribution in [0.15, 0.2) is 47.5 Å². The van der Waals surface area contributed by atoms with E-state index in [1.54, 1.807) is 24.3 Å². The second-order valence-electron chi connectivity index (χ2n) is 5.56. The zero-order valence-corrected chi connectivity index (χ0v) is 14.5. The molecule has 2 heterocycles. The molecule has 1 fully saturated rings. The van der Waals surface area contributed by atoms with Crippen LogP contribution in [0.1, 0.15) is 23.2 Å². The number of carbonyl (C=O) groups is 1. The highest BCUT2D eigenvalue weighted by Gasteiger charge is 2.27. The highest BCUT2D eigenvalue weighted by Crippen LogP contribution is 2.24. The van der Waals surface area contributed by atoms with E-state index in [2.05, 4.69) is 9.72 Å². The van der Waals surface area contributed by atoms with Gasteiger partial charge in [-0.3, -0.25) is 0 Å². The second-order valence-corrected chi connectivity index (χ2v) is 7.50. The van der Waals surface area contributed by atoms with Crippen molar-refractivity contribution in [3.05, 3.63) is 48.2 Å². The number of methoxy groups -OCH3 is 1. The molecule has 1 aliphatic heterocycles. The third kappa shape index (κ3) is 3.80. The van der Waals surface area contributed by atoms with Gasteiger partial charge in [0.05, 0.1) is 18.9 Å². The topological polar surface area (TPSA) is 85.8 Å². The maximum atomic E-state index is 12.4. The first kappa shape index (κ1) is 17.4. The summed E-state index contributed by atoms with van der Waals surface area (Å²) in [5, 5.41) is 0. The van der Waals surface area contributed by atoms with E-state index in [0.29, 0.717) is 24.4 Å². The Morgan fingerprint density at radius 1 is 1.08 bits per heavy atom. The summed E-state index contributed by atoms with van der Waals surface area (Å²) in [4.78, 5) is 15.6. The molecule has 0 aliphatic carbocycles. The molecule has 25 heavy (non-hydrogen) atoms. The van der Waals surface area contributed by atoms with Gasteiger partial charge >= 0.3 is 5.97 Å². The Kier molecular flexibility index (Phi) is 5.00. The van der Waals surface area contributed by atoms with Crippen LogP contribution in [0.2, 0.25) is 0 Å². The summed E-state index contributed by atoms with van der Waals surface area (Å²) in [5.41, 5.74) is 0.412. The van der Waals surface area contributed by atoms with Crippen molar-refractivity contribution in [2.75, 3.05) is 20.2 Å². The Morgan fingerprint density at radius 3 is 2.32 bits per heavy atom. The maximum Gasteiger partial charge on any atom is 0.337 e. The van der Waals surface area contributed by atoms with E-state index >= 15 is 0 Å². The number of ether oxygens (including phenoxy) is 2. The quantitative estimate of drug-likeness (QED) is 0.760. The number of esters is 1. The summed E-state index contributed by atoms with van der Waals surface area (Å²) in [5.74, 6) is 0.322. The average molecular weight is 362 g/mol. The van der Waals surface area contributed by atoms with Crippen molar-refractivity contribution in [1.82, 2.24) is 9.29 Å². The lowest BCUT2D eigenvalue weighted by atomic mass is 10.2. The van der Waals surface area contributed by atoms with Crippen molar-refractivity contribution in [2.45, 2.75) is 17.7 Å². The molecule has 0 radical (unpaired) electrons. The number of aromatic nitrogens is 1. The van der Waals surface area contributed by atoms with Gasteiger partial charge in [-0.15, -0.1) is 0 Å². The molecule has 0 saturated carbocycles. The number of hydrogen-bond donors (Lipinski definition) is 0. The molecule has 1 aromatic heterocycles. The minimum Gasteiger partial charge on any atom is -0.465 e. The smallest absolute Gasteiger partial charge is 0.337 e. The van der Waals surface area contributed by atoms with Crippen LogP contribution in [-0.4, -0.2) is 43.9 Å². The molecular weight excluding hydrogens is 344 g/mol. The molecule has 0 N–H and O–H groups in total. The zero-order valence-electron chi connectivity index (χ0n) is 13.7. The van der Waals surface area contributed by atoms with Gasteiger partial charge in [0.2, 0.25) is 15.9 Å². The van der Waals surface area contributed by atoms with Crippen LogP contribution in [0.3, 0.4) is 0 Å². The fraction of sp³-hybridized carbons (Fsp3) is 0.294. The summed E-state index contributed by atoms with van der Waals surface area (Å²) in [6.07, 6.45) is 3.07. The van der Waals surface area contributed by atoms with Crippen molar-refractivity contribution in [3.63, 3.8) is 0 Å². The second kappa shape index (κ2) is 7.20. The molecule has 7 nitrogen and oxygen atoms in total. The molecule has 8 heteroatoms. The lowest BCUT2D eigenvalue weighted by molar-refractivity contribution is 0.0600. The van der Waals surface area contributed by atoms with Gasteiger partial charge in [-0.1, -0.05) is 0 Å². The summed E-state index contributed by atoms with van der Waals surface area (Å²) in [6.45, 7) is 1.10. The van der Waals surface area contributed by atoms with Crippen LogP contribution in [-0.2, 0) is 14.8 Å². The largest absolute Gasteiger partial charge is 0.465 e. The van der Waals surface area contributed by atoms with E-state index in [1.165, 1.54) is 29.7 Å². The zero-order chi connectivity index (χ0) is 17.9. The highest BCUT2D eigenvalue weighted by molar-refractivity contribution is 7.89. The van der Waals surface area contributed by atoms with Gasteiger partial charge in [-0.25, -0.2) is 18.2 Å².